The normalized spacial score (nSPS) is 14.3. The van der Waals surface area contributed by atoms with Crippen LogP contribution in [0.1, 0.15) is 10.4 Å². The monoisotopic (exact) mass is 455 g/mol. The lowest BCUT2D eigenvalue weighted by Gasteiger charge is -2.36. The van der Waals surface area contributed by atoms with Crippen LogP contribution in [0, 0.1) is 5.82 Å². The molecule has 2 aromatic heterocycles. The molecular formula is C27H26FN5O. The summed E-state index contributed by atoms with van der Waals surface area (Å²) in [7, 11) is 0. The van der Waals surface area contributed by atoms with Gasteiger partial charge in [0.1, 0.15) is 5.82 Å². The fourth-order valence-corrected chi connectivity index (χ4v) is 4.35. The third-order valence-corrected chi connectivity index (χ3v) is 6.17. The maximum atomic E-state index is 14.1. The summed E-state index contributed by atoms with van der Waals surface area (Å²) in [5.41, 5.74) is 3.42. The summed E-state index contributed by atoms with van der Waals surface area (Å²) in [5, 5.41) is 3.88. The van der Waals surface area contributed by atoms with Crippen LogP contribution in [-0.4, -0.2) is 60.0 Å². The molecule has 1 fully saturated rings. The molecule has 3 heterocycles. The lowest BCUT2D eigenvalue weighted by Crippen LogP contribution is -2.48. The van der Waals surface area contributed by atoms with Crippen LogP contribution in [0.2, 0.25) is 0 Å². The van der Waals surface area contributed by atoms with Crippen LogP contribution in [0.4, 0.5) is 10.1 Å². The lowest BCUT2D eigenvalue weighted by molar-refractivity contribution is 0.0949. The van der Waals surface area contributed by atoms with Gasteiger partial charge in [-0.3, -0.25) is 14.7 Å². The van der Waals surface area contributed by atoms with Crippen LogP contribution in [-0.2, 0) is 0 Å². The minimum absolute atomic E-state index is 0.124. The van der Waals surface area contributed by atoms with Gasteiger partial charge in [-0.1, -0.05) is 36.4 Å². The minimum atomic E-state index is -0.183. The number of halogens is 1. The molecule has 1 saturated heterocycles. The summed E-state index contributed by atoms with van der Waals surface area (Å²) in [6, 6.07) is 22.0. The molecule has 1 amide bonds. The van der Waals surface area contributed by atoms with Gasteiger partial charge < -0.3 is 10.2 Å². The van der Waals surface area contributed by atoms with Gasteiger partial charge in [0.05, 0.1) is 28.2 Å². The number of nitrogens with one attached hydrogen (secondary N) is 1. The molecule has 0 atom stereocenters. The van der Waals surface area contributed by atoms with E-state index in [1.54, 1.807) is 12.3 Å². The van der Waals surface area contributed by atoms with E-state index in [1.807, 2.05) is 60.7 Å². The Bertz CT molecular complexity index is 1290. The van der Waals surface area contributed by atoms with Gasteiger partial charge in [0.15, 0.2) is 0 Å². The standard InChI is InChI=1S/C27H26FN5O/c28-22-8-2-4-11-26(22)33-17-15-32(16-18-33)14-13-30-27(34)21-19-25(24-10-5-6-12-29-24)31-23-9-3-1-7-20(21)23/h1-12,19H,13-18H2,(H,30,34). The number of rotatable bonds is 6. The molecular weight excluding hydrogens is 429 g/mol. The van der Waals surface area contributed by atoms with Gasteiger partial charge in [0, 0.05) is 50.9 Å². The summed E-state index contributed by atoms with van der Waals surface area (Å²) in [5.74, 6) is -0.307. The Morgan fingerprint density at radius 3 is 2.47 bits per heavy atom. The first-order chi connectivity index (χ1) is 16.7. The number of fused-ring (bicyclic) bond motifs is 1. The Morgan fingerprint density at radius 1 is 0.912 bits per heavy atom. The fourth-order valence-electron chi connectivity index (χ4n) is 4.35. The number of benzene rings is 2. The average Bonchev–Trinajstić information content (AvgIpc) is 2.89. The van der Waals surface area contributed by atoms with Crippen molar-refractivity contribution in [3.63, 3.8) is 0 Å². The molecule has 7 heteroatoms. The van der Waals surface area contributed by atoms with E-state index in [1.165, 1.54) is 6.07 Å². The van der Waals surface area contributed by atoms with E-state index in [-0.39, 0.29) is 11.7 Å². The van der Waals surface area contributed by atoms with Gasteiger partial charge in [0.2, 0.25) is 0 Å². The van der Waals surface area contributed by atoms with E-state index in [0.29, 0.717) is 23.5 Å². The number of carbonyl (C=O) groups is 1. The van der Waals surface area contributed by atoms with Crippen LogP contribution in [0.5, 0.6) is 0 Å². The topological polar surface area (TPSA) is 61.4 Å². The smallest absolute Gasteiger partial charge is 0.252 e. The molecule has 0 bridgehead atoms. The Morgan fingerprint density at radius 2 is 1.68 bits per heavy atom. The van der Waals surface area contributed by atoms with Crippen LogP contribution < -0.4 is 10.2 Å². The predicted octanol–water partition coefficient (Wildman–Crippen LogP) is 3.99. The van der Waals surface area contributed by atoms with E-state index in [0.717, 1.165) is 49.3 Å². The van der Waals surface area contributed by atoms with Crippen molar-refractivity contribution in [1.29, 1.82) is 0 Å². The third kappa shape index (κ3) is 4.75. The summed E-state index contributed by atoms with van der Waals surface area (Å²) in [4.78, 5) is 26.6. The number of hydrogen-bond donors (Lipinski definition) is 1. The number of amides is 1. The molecule has 34 heavy (non-hydrogen) atoms. The van der Waals surface area contributed by atoms with Gasteiger partial charge >= 0.3 is 0 Å². The van der Waals surface area contributed by atoms with Crippen molar-refractivity contribution in [3.8, 4) is 11.4 Å². The number of aromatic nitrogens is 2. The Kier molecular flexibility index (Phi) is 6.44. The molecule has 2 aromatic carbocycles. The molecule has 0 unspecified atom stereocenters. The fraction of sp³-hybridized carbons (Fsp3) is 0.222. The van der Waals surface area contributed by atoms with Crippen molar-refractivity contribution < 1.29 is 9.18 Å². The zero-order valence-corrected chi connectivity index (χ0v) is 18.8. The van der Waals surface area contributed by atoms with E-state index in [2.05, 4.69) is 20.1 Å². The highest BCUT2D eigenvalue weighted by molar-refractivity contribution is 6.07. The lowest BCUT2D eigenvalue weighted by atomic mass is 10.1. The largest absolute Gasteiger partial charge is 0.367 e. The van der Waals surface area contributed by atoms with Crippen LogP contribution in [0.25, 0.3) is 22.3 Å². The van der Waals surface area contributed by atoms with Crippen LogP contribution >= 0.6 is 0 Å². The van der Waals surface area contributed by atoms with E-state index in [9.17, 15) is 9.18 Å². The van der Waals surface area contributed by atoms with E-state index >= 15 is 0 Å². The molecule has 1 N–H and O–H groups in total. The second-order valence-corrected chi connectivity index (χ2v) is 8.32. The Labute approximate surface area is 198 Å². The number of nitrogens with zero attached hydrogens (tertiary/aromatic N) is 4. The van der Waals surface area contributed by atoms with Crippen LogP contribution in [0.3, 0.4) is 0 Å². The first-order valence-corrected chi connectivity index (χ1v) is 11.5. The molecule has 5 rings (SSSR count). The van der Waals surface area contributed by atoms with Gasteiger partial charge in [-0.2, -0.15) is 0 Å². The van der Waals surface area contributed by atoms with Crippen molar-refractivity contribution in [2.24, 2.45) is 0 Å². The summed E-state index contributed by atoms with van der Waals surface area (Å²) >= 11 is 0. The molecule has 0 saturated carbocycles. The number of pyridine rings is 2. The predicted molar refractivity (Wildman–Crippen MR) is 132 cm³/mol. The zero-order chi connectivity index (χ0) is 23.3. The van der Waals surface area contributed by atoms with Gasteiger partial charge in [-0.15, -0.1) is 0 Å². The maximum Gasteiger partial charge on any atom is 0.252 e. The summed E-state index contributed by atoms with van der Waals surface area (Å²) < 4.78 is 14.1. The molecule has 6 nitrogen and oxygen atoms in total. The van der Waals surface area contributed by atoms with Crippen molar-refractivity contribution in [3.05, 3.63) is 90.4 Å². The first-order valence-electron chi connectivity index (χ1n) is 11.5. The van der Waals surface area contributed by atoms with E-state index in [4.69, 9.17) is 4.98 Å². The summed E-state index contributed by atoms with van der Waals surface area (Å²) in [6.07, 6.45) is 1.72. The molecule has 0 radical (unpaired) electrons. The second kappa shape index (κ2) is 9.97. The van der Waals surface area contributed by atoms with Crippen molar-refractivity contribution >= 4 is 22.5 Å². The van der Waals surface area contributed by atoms with Gasteiger partial charge in [-0.05, 0) is 36.4 Å². The average molecular weight is 456 g/mol. The first kappa shape index (κ1) is 22.0. The van der Waals surface area contributed by atoms with Gasteiger partial charge in [0.25, 0.3) is 5.91 Å². The second-order valence-electron chi connectivity index (χ2n) is 8.32. The molecule has 1 aliphatic rings. The number of hydrogen-bond acceptors (Lipinski definition) is 5. The molecule has 172 valence electrons. The quantitative estimate of drug-likeness (QED) is 0.477. The molecule has 0 aliphatic carbocycles. The Hall–Kier alpha value is -3.84. The van der Waals surface area contributed by atoms with Crippen molar-refractivity contribution in [1.82, 2.24) is 20.2 Å². The number of piperazine rings is 1. The van der Waals surface area contributed by atoms with Gasteiger partial charge in [-0.25, -0.2) is 9.37 Å². The highest BCUT2D eigenvalue weighted by Gasteiger charge is 2.20. The Balaban J connectivity index is 1.22. The maximum absolute atomic E-state index is 14.1. The SMILES string of the molecule is O=C(NCCN1CCN(c2ccccc2F)CC1)c1cc(-c2ccccn2)nc2ccccc12. The number of anilines is 1. The molecule has 0 spiro atoms. The number of carbonyl (C=O) groups excluding carboxylic acids is 1. The third-order valence-electron chi connectivity index (χ3n) is 6.17. The van der Waals surface area contributed by atoms with E-state index < -0.39 is 0 Å². The highest BCUT2D eigenvalue weighted by Crippen LogP contribution is 2.24. The van der Waals surface area contributed by atoms with Crippen LogP contribution in [0.15, 0.2) is 79.0 Å². The molecule has 4 aromatic rings. The zero-order valence-electron chi connectivity index (χ0n) is 18.8. The summed E-state index contributed by atoms with van der Waals surface area (Å²) in [6.45, 7) is 4.45. The minimum Gasteiger partial charge on any atom is -0.367 e. The van der Waals surface area contributed by atoms with Crippen molar-refractivity contribution in [2.75, 3.05) is 44.2 Å². The molecule has 1 aliphatic heterocycles. The highest BCUT2D eigenvalue weighted by atomic mass is 19.1. The number of para-hydroxylation sites is 2. The van der Waals surface area contributed by atoms with Crippen molar-refractivity contribution in [2.45, 2.75) is 0 Å².